The van der Waals surface area contributed by atoms with E-state index in [2.05, 4.69) is 15.0 Å². The lowest BCUT2D eigenvalue weighted by atomic mass is 10.1. The predicted octanol–water partition coefficient (Wildman–Crippen LogP) is 3.59. The van der Waals surface area contributed by atoms with Crippen LogP contribution in [0.25, 0.3) is 21.2 Å². The molecule has 1 aliphatic heterocycles. The number of hydrogen-bond acceptors (Lipinski definition) is 3. The Morgan fingerprint density at radius 1 is 1.24 bits per heavy atom. The van der Waals surface area contributed by atoms with Gasteiger partial charge < -0.3 is 4.90 Å². The van der Waals surface area contributed by atoms with Crippen molar-refractivity contribution >= 4 is 28.1 Å². The van der Waals surface area contributed by atoms with Crippen LogP contribution in [0.4, 0.5) is 11.4 Å². The molecular formula is C12H9N5. The molecule has 1 aliphatic rings. The van der Waals surface area contributed by atoms with Gasteiger partial charge in [0.15, 0.2) is 5.96 Å². The van der Waals surface area contributed by atoms with E-state index in [1.807, 2.05) is 43.4 Å². The van der Waals surface area contributed by atoms with Gasteiger partial charge in [-0.3, -0.25) is 0 Å². The van der Waals surface area contributed by atoms with Gasteiger partial charge in [0, 0.05) is 17.3 Å². The zero-order valence-electron chi connectivity index (χ0n) is 9.20. The summed E-state index contributed by atoms with van der Waals surface area (Å²) in [6, 6.07) is 11.9. The summed E-state index contributed by atoms with van der Waals surface area (Å²) >= 11 is 0. The Labute approximate surface area is 97.6 Å². The van der Waals surface area contributed by atoms with Crippen molar-refractivity contribution < 1.29 is 0 Å². The molecule has 0 aliphatic carbocycles. The van der Waals surface area contributed by atoms with E-state index in [4.69, 9.17) is 5.53 Å². The summed E-state index contributed by atoms with van der Waals surface area (Å²) < 4.78 is 0. The fraction of sp³-hybridized carbons (Fsp3) is 0.0833. The van der Waals surface area contributed by atoms with Gasteiger partial charge in [0.05, 0.1) is 11.4 Å². The molecule has 2 aromatic carbocycles. The van der Waals surface area contributed by atoms with Crippen molar-refractivity contribution in [3.8, 4) is 0 Å². The maximum absolute atomic E-state index is 8.53. The van der Waals surface area contributed by atoms with E-state index in [-0.39, 0.29) is 0 Å². The Bertz CT molecular complexity index is 677. The lowest BCUT2D eigenvalue weighted by Crippen LogP contribution is -2.25. The highest BCUT2D eigenvalue weighted by Crippen LogP contribution is 2.37. The molecule has 82 valence electrons. The zero-order chi connectivity index (χ0) is 11.8. The third-order valence-corrected chi connectivity index (χ3v) is 2.88. The first-order chi connectivity index (χ1) is 8.31. The number of hydrogen-bond donors (Lipinski definition) is 0. The standard InChI is InChI=1S/C12H9N5/c1-17-10-7-3-5-8-4-2-6-9(11(8)10)14-12(17)15-16-13/h2-7H,1H3. The van der Waals surface area contributed by atoms with Gasteiger partial charge in [0.1, 0.15) is 0 Å². The summed E-state index contributed by atoms with van der Waals surface area (Å²) in [5.41, 5.74) is 10.4. The van der Waals surface area contributed by atoms with Crippen molar-refractivity contribution in [3.05, 3.63) is 46.8 Å². The molecule has 3 rings (SSSR count). The summed E-state index contributed by atoms with van der Waals surface area (Å²) in [5.74, 6) is 0.374. The molecule has 0 radical (unpaired) electrons. The molecule has 2 aromatic rings. The molecule has 0 amide bonds. The monoisotopic (exact) mass is 223 g/mol. The van der Waals surface area contributed by atoms with Crippen molar-refractivity contribution in [1.82, 2.24) is 0 Å². The Kier molecular flexibility index (Phi) is 2.00. The van der Waals surface area contributed by atoms with E-state index in [0.29, 0.717) is 5.96 Å². The van der Waals surface area contributed by atoms with Crippen LogP contribution in [0.1, 0.15) is 0 Å². The van der Waals surface area contributed by atoms with Crippen LogP contribution in [0.2, 0.25) is 0 Å². The van der Waals surface area contributed by atoms with Crippen LogP contribution < -0.4 is 4.90 Å². The highest BCUT2D eigenvalue weighted by molar-refractivity contribution is 6.14. The molecule has 0 bridgehead atoms. The molecule has 0 spiro atoms. The van der Waals surface area contributed by atoms with Crippen molar-refractivity contribution in [2.45, 2.75) is 0 Å². The van der Waals surface area contributed by atoms with Gasteiger partial charge in [-0.2, -0.15) is 0 Å². The minimum Gasteiger partial charge on any atom is -0.327 e. The second kappa shape index (κ2) is 3.50. The molecule has 0 saturated heterocycles. The lowest BCUT2D eigenvalue weighted by Gasteiger charge is -2.24. The molecule has 0 aromatic heterocycles. The predicted molar refractivity (Wildman–Crippen MR) is 68.6 cm³/mol. The smallest absolute Gasteiger partial charge is 0.197 e. The summed E-state index contributed by atoms with van der Waals surface area (Å²) in [7, 11) is 1.85. The minimum atomic E-state index is 0.374. The molecule has 0 N–H and O–H groups in total. The zero-order valence-corrected chi connectivity index (χ0v) is 9.20. The van der Waals surface area contributed by atoms with E-state index in [1.165, 1.54) is 0 Å². The number of nitrogens with zero attached hydrogens (tertiary/aromatic N) is 5. The summed E-state index contributed by atoms with van der Waals surface area (Å²) in [6.07, 6.45) is 0. The molecule has 5 heteroatoms. The highest BCUT2D eigenvalue weighted by atomic mass is 15.3. The average Bonchev–Trinajstić information content (AvgIpc) is 2.36. The average molecular weight is 223 g/mol. The number of anilines is 1. The third kappa shape index (κ3) is 1.33. The maximum Gasteiger partial charge on any atom is 0.197 e. The number of rotatable bonds is 0. The Hall–Kier alpha value is -2.52. The molecule has 1 heterocycles. The molecule has 5 nitrogen and oxygen atoms in total. The molecule has 17 heavy (non-hydrogen) atoms. The Morgan fingerprint density at radius 3 is 2.76 bits per heavy atom. The molecule has 0 saturated carbocycles. The topological polar surface area (TPSA) is 64.4 Å². The van der Waals surface area contributed by atoms with E-state index in [9.17, 15) is 0 Å². The highest BCUT2D eigenvalue weighted by Gasteiger charge is 2.18. The van der Waals surface area contributed by atoms with Crippen molar-refractivity contribution in [2.24, 2.45) is 10.1 Å². The van der Waals surface area contributed by atoms with Gasteiger partial charge in [-0.1, -0.05) is 24.3 Å². The van der Waals surface area contributed by atoms with Crippen LogP contribution in [-0.2, 0) is 0 Å². The molecule has 0 atom stereocenters. The largest absolute Gasteiger partial charge is 0.327 e. The van der Waals surface area contributed by atoms with E-state index in [1.54, 1.807) is 4.90 Å². The number of benzene rings is 2. The second-order valence-corrected chi connectivity index (χ2v) is 3.81. The Morgan fingerprint density at radius 2 is 2.00 bits per heavy atom. The summed E-state index contributed by atoms with van der Waals surface area (Å²) in [5, 5.41) is 5.83. The fourth-order valence-electron chi connectivity index (χ4n) is 2.09. The molecule has 0 unspecified atom stereocenters. The van der Waals surface area contributed by atoms with Crippen LogP contribution in [0.15, 0.2) is 46.5 Å². The van der Waals surface area contributed by atoms with Crippen LogP contribution in [0.5, 0.6) is 0 Å². The normalized spacial score (nSPS) is 13.2. The Balaban J connectivity index is 2.40. The van der Waals surface area contributed by atoms with Crippen molar-refractivity contribution in [2.75, 3.05) is 11.9 Å². The first-order valence-corrected chi connectivity index (χ1v) is 5.20. The first kappa shape index (κ1) is 9.69. The van der Waals surface area contributed by atoms with E-state index in [0.717, 1.165) is 22.1 Å². The van der Waals surface area contributed by atoms with Crippen LogP contribution in [0, 0.1) is 0 Å². The third-order valence-electron chi connectivity index (χ3n) is 2.88. The van der Waals surface area contributed by atoms with Crippen molar-refractivity contribution in [3.63, 3.8) is 0 Å². The van der Waals surface area contributed by atoms with Gasteiger partial charge >= 0.3 is 0 Å². The van der Waals surface area contributed by atoms with Crippen molar-refractivity contribution in [1.29, 1.82) is 0 Å². The number of guanidine groups is 1. The SMILES string of the molecule is CN1C(N=[N+]=[N-])=Nc2cccc3cccc1c23. The van der Waals surface area contributed by atoms with Crippen LogP contribution in [0.3, 0.4) is 0 Å². The lowest BCUT2D eigenvalue weighted by molar-refractivity contribution is 1.20. The van der Waals surface area contributed by atoms with Gasteiger partial charge in [-0.05, 0) is 28.2 Å². The first-order valence-electron chi connectivity index (χ1n) is 5.20. The second-order valence-electron chi connectivity index (χ2n) is 3.81. The minimum absolute atomic E-state index is 0.374. The van der Waals surface area contributed by atoms with E-state index < -0.39 is 0 Å². The number of azide groups is 1. The maximum atomic E-state index is 8.53. The van der Waals surface area contributed by atoms with Gasteiger partial charge in [0.2, 0.25) is 0 Å². The van der Waals surface area contributed by atoms with Gasteiger partial charge in [-0.15, -0.1) is 0 Å². The molecule has 0 fully saturated rings. The van der Waals surface area contributed by atoms with Gasteiger partial charge in [-0.25, -0.2) is 4.99 Å². The summed E-state index contributed by atoms with van der Waals surface area (Å²) in [4.78, 5) is 8.96. The van der Waals surface area contributed by atoms with Crippen LogP contribution >= 0.6 is 0 Å². The quantitative estimate of drug-likeness (QED) is 0.382. The molecular weight excluding hydrogens is 214 g/mol. The fourth-order valence-corrected chi connectivity index (χ4v) is 2.09. The van der Waals surface area contributed by atoms with Gasteiger partial charge in [0.25, 0.3) is 0 Å². The van der Waals surface area contributed by atoms with E-state index >= 15 is 0 Å². The number of aliphatic imine (C=N–C) groups is 1. The van der Waals surface area contributed by atoms with Crippen LogP contribution in [-0.4, -0.2) is 13.0 Å². The summed E-state index contributed by atoms with van der Waals surface area (Å²) in [6.45, 7) is 0.